The molecule has 1 aliphatic rings. The second kappa shape index (κ2) is 7.08. The average Bonchev–Trinajstić information content (AvgIpc) is 2.99. The molecule has 2 heterocycles. The van der Waals surface area contributed by atoms with E-state index in [1.807, 2.05) is 29.2 Å². The van der Waals surface area contributed by atoms with Crippen LogP contribution in [0.2, 0.25) is 0 Å². The Kier molecular flexibility index (Phi) is 4.87. The fraction of sp³-hybridized carbons (Fsp3) is 0.353. The van der Waals surface area contributed by atoms with Gasteiger partial charge < -0.3 is 10.2 Å². The number of carbonyl (C=O) groups excluding carboxylic acids is 1. The first kappa shape index (κ1) is 17.2. The molecule has 0 saturated carbocycles. The summed E-state index contributed by atoms with van der Waals surface area (Å²) in [5.74, 6) is 0.106. The normalized spacial score (nSPS) is 14.8. The predicted octanol–water partition coefficient (Wildman–Crippen LogP) is 3.23. The van der Waals surface area contributed by atoms with Crippen LogP contribution in [-0.4, -0.2) is 27.3 Å². The number of aromatic nitrogens is 2. The van der Waals surface area contributed by atoms with E-state index < -0.39 is 11.9 Å². The van der Waals surface area contributed by atoms with E-state index in [9.17, 15) is 18.0 Å². The standard InChI is InChI=1S/C17H17F3N4O/c18-17(19,20)14-7-8-21-16(23-14)22-10-12-3-5-13(6-4-12)11-24-9-1-2-15(24)25/h3-8H,1-2,9-11H2,(H,21,22,23). The fourth-order valence-corrected chi connectivity index (χ4v) is 2.64. The van der Waals surface area contributed by atoms with Crippen LogP contribution < -0.4 is 5.32 Å². The molecule has 25 heavy (non-hydrogen) atoms. The van der Waals surface area contributed by atoms with Gasteiger partial charge in [0.1, 0.15) is 5.69 Å². The van der Waals surface area contributed by atoms with Crippen LogP contribution in [0.5, 0.6) is 0 Å². The SMILES string of the molecule is O=C1CCCN1Cc1ccc(CNc2nccc(C(F)(F)F)n2)cc1. The Labute approximate surface area is 142 Å². The quantitative estimate of drug-likeness (QED) is 0.899. The lowest BCUT2D eigenvalue weighted by molar-refractivity contribution is -0.141. The Morgan fingerprint density at radius 1 is 1.12 bits per heavy atom. The molecule has 132 valence electrons. The Balaban J connectivity index is 1.58. The summed E-state index contributed by atoms with van der Waals surface area (Å²) in [5.41, 5.74) is 0.933. The Morgan fingerprint density at radius 2 is 1.84 bits per heavy atom. The van der Waals surface area contributed by atoms with Crippen LogP contribution in [0, 0.1) is 0 Å². The van der Waals surface area contributed by atoms with E-state index in [-0.39, 0.29) is 11.9 Å². The summed E-state index contributed by atoms with van der Waals surface area (Å²) in [5, 5.41) is 2.79. The molecule has 1 aromatic carbocycles. The van der Waals surface area contributed by atoms with Gasteiger partial charge in [0.15, 0.2) is 0 Å². The zero-order chi connectivity index (χ0) is 17.9. The minimum absolute atomic E-state index is 0.0680. The topological polar surface area (TPSA) is 58.1 Å². The van der Waals surface area contributed by atoms with E-state index in [0.29, 0.717) is 19.5 Å². The fourth-order valence-electron chi connectivity index (χ4n) is 2.64. The van der Waals surface area contributed by atoms with Gasteiger partial charge >= 0.3 is 6.18 Å². The zero-order valence-corrected chi connectivity index (χ0v) is 13.4. The van der Waals surface area contributed by atoms with E-state index in [0.717, 1.165) is 36.4 Å². The third-order valence-corrected chi connectivity index (χ3v) is 3.96. The largest absolute Gasteiger partial charge is 0.433 e. The van der Waals surface area contributed by atoms with Crippen molar-refractivity contribution in [2.75, 3.05) is 11.9 Å². The molecule has 0 unspecified atom stereocenters. The molecule has 1 N–H and O–H groups in total. The highest BCUT2D eigenvalue weighted by Gasteiger charge is 2.32. The van der Waals surface area contributed by atoms with E-state index in [2.05, 4.69) is 15.3 Å². The van der Waals surface area contributed by atoms with Crippen molar-refractivity contribution in [2.24, 2.45) is 0 Å². The second-order valence-electron chi connectivity index (χ2n) is 5.85. The van der Waals surface area contributed by atoms with E-state index >= 15 is 0 Å². The van der Waals surface area contributed by atoms with Crippen LogP contribution >= 0.6 is 0 Å². The molecule has 0 spiro atoms. The lowest BCUT2D eigenvalue weighted by Crippen LogP contribution is -2.23. The summed E-state index contributed by atoms with van der Waals surface area (Å²) in [6.07, 6.45) is -1.90. The number of nitrogens with zero attached hydrogens (tertiary/aromatic N) is 3. The molecule has 0 radical (unpaired) electrons. The van der Waals surface area contributed by atoms with E-state index in [1.165, 1.54) is 0 Å². The molecule has 1 fully saturated rings. The van der Waals surface area contributed by atoms with Gasteiger partial charge in [-0.15, -0.1) is 0 Å². The predicted molar refractivity (Wildman–Crippen MR) is 85.5 cm³/mol. The smallest absolute Gasteiger partial charge is 0.350 e. The van der Waals surface area contributed by atoms with Gasteiger partial charge in [0.25, 0.3) is 0 Å². The third-order valence-electron chi connectivity index (χ3n) is 3.96. The van der Waals surface area contributed by atoms with Crippen molar-refractivity contribution in [3.05, 3.63) is 53.3 Å². The summed E-state index contributed by atoms with van der Waals surface area (Å²) >= 11 is 0. The molecule has 8 heteroatoms. The molecule has 0 bridgehead atoms. The zero-order valence-electron chi connectivity index (χ0n) is 13.4. The van der Waals surface area contributed by atoms with Crippen molar-refractivity contribution in [3.8, 4) is 0 Å². The first-order valence-electron chi connectivity index (χ1n) is 7.91. The van der Waals surface area contributed by atoms with Gasteiger partial charge in [-0.2, -0.15) is 13.2 Å². The van der Waals surface area contributed by atoms with Gasteiger partial charge in [0, 0.05) is 32.3 Å². The first-order valence-corrected chi connectivity index (χ1v) is 7.91. The molecular weight excluding hydrogens is 333 g/mol. The highest BCUT2D eigenvalue weighted by molar-refractivity contribution is 5.78. The van der Waals surface area contributed by atoms with Crippen molar-refractivity contribution >= 4 is 11.9 Å². The summed E-state index contributed by atoms with van der Waals surface area (Å²) in [6, 6.07) is 8.40. The second-order valence-corrected chi connectivity index (χ2v) is 5.85. The van der Waals surface area contributed by atoms with E-state index in [1.54, 1.807) is 0 Å². The van der Waals surface area contributed by atoms with Crippen LogP contribution in [0.3, 0.4) is 0 Å². The molecule has 5 nitrogen and oxygen atoms in total. The number of alkyl halides is 3. The van der Waals surface area contributed by atoms with Crippen molar-refractivity contribution in [2.45, 2.75) is 32.1 Å². The van der Waals surface area contributed by atoms with Crippen molar-refractivity contribution < 1.29 is 18.0 Å². The summed E-state index contributed by atoms with van der Waals surface area (Å²) in [6.45, 7) is 1.68. The van der Waals surface area contributed by atoms with Crippen molar-refractivity contribution in [1.82, 2.24) is 14.9 Å². The summed E-state index contributed by atoms with van der Waals surface area (Å²) < 4.78 is 37.9. The van der Waals surface area contributed by atoms with Crippen LogP contribution in [-0.2, 0) is 24.1 Å². The molecule has 0 atom stereocenters. The number of benzene rings is 1. The Hall–Kier alpha value is -2.64. The molecule has 3 rings (SSSR count). The number of hydrogen-bond donors (Lipinski definition) is 1. The number of nitrogens with one attached hydrogen (secondary N) is 1. The molecule has 1 saturated heterocycles. The maximum Gasteiger partial charge on any atom is 0.433 e. The molecule has 2 aromatic rings. The van der Waals surface area contributed by atoms with Gasteiger partial charge in [-0.3, -0.25) is 4.79 Å². The van der Waals surface area contributed by atoms with Gasteiger partial charge in [-0.05, 0) is 23.6 Å². The lowest BCUT2D eigenvalue weighted by Gasteiger charge is -2.15. The van der Waals surface area contributed by atoms with Crippen LogP contribution in [0.25, 0.3) is 0 Å². The van der Waals surface area contributed by atoms with Crippen LogP contribution in [0.4, 0.5) is 19.1 Å². The number of amides is 1. The van der Waals surface area contributed by atoms with Gasteiger partial charge in [-0.1, -0.05) is 24.3 Å². The van der Waals surface area contributed by atoms with Gasteiger partial charge in [-0.25, -0.2) is 9.97 Å². The van der Waals surface area contributed by atoms with E-state index in [4.69, 9.17) is 0 Å². The molecule has 0 aliphatic carbocycles. The number of hydrogen-bond acceptors (Lipinski definition) is 4. The highest BCUT2D eigenvalue weighted by atomic mass is 19.4. The summed E-state index contributed by atoms with van der Waals surface area (Å²) in [4.78, 5) is 20.7. The molecule has 1 aliphatic heterocycles. The Morgan fingerprint density at radius 3 is 2.48 bits per heavy atom. The number of anilines is 1. The van der Waals surface area contributed by atoms with Gasteiger partial charge in [0.2, 0.25) is 11.9 Å². The maximum atomic E-state index is 12.6. The highest BCUT2D eigenvalue weighted by Crippen LogP contribution is 2.27. The molecule has 1 amide bonds. The van der Waals surface area contributed by atoms with Crippen LogP contribution in [0.15, 0.2) is 36.5 Å². The van der Waals surface area contributed by atoms with Crippen LogP contribution in [0.1, 0.15) is 29.7 Å². The number of likely N-dealkylation sites (tertiary alicyclic amines) is 1. The monoisotopic (exact) mass is 350 g/mol. The first-order chi connectivity index (χ1) is 11.9. The Bertz CT molecular complexity index is 746. The minimum Gasteiger partial charge on any atom is -0.350 e. The number of carbonyl (C=O) groups is 1. The van der Waals surface area contributed by atoms with Crippen molar-refractivity contribution in [3.63, 3.8) is 0 Å². The lowest BCUT2D eigenvalue weighted by atomic mass is 10.1. The number of halogens is 3. The van der Waals surface area contributed by atoms with Gasteiger partial charge in [0.05, 0.1) is 0 Å². The minimum atomic E-state index is -4.49. The summed E-state index contributed by atoms with van der Waals surface area (Å²) in [7, 11) is 0. The number of rotatable bonds is 5. The third kappa shape index (κ3) is 4.46. The molecular formula is C17H17F3N4O. The average molecular weight is 350 g/mol. The molecule has 1 aromatic heterocycles. The maximum absolute atomic E-state index is 12.6. The van der Waals surface area contributed by atoms with Crippen molar-refractivity contribution in [1.29, 1.82) is 0 Å².